The van der Waals surface area contributed by atoms with Gasteiger partial charge in [-0.05, 0) is 48.4 Å². The predicted molar refractivity (Wildman–Crippen MR) is 124 cm³/mol. The van der Waals surface area contributed by atoms with Gasteiger partial charge in [0, 0.05) is 25.2 Å². The number of amides is 2. The monoisotopic (exact) mass is 457 g/mol. The van der Waals surface area contributed by atoms with Gasteiger partial charge in [-0.2, -0.15) is 0 Å². The summed E-state index contributed by atoms with van der Waals surface area (Å²) in [5, 5.41) is 5.53. The minimum Gasteiger partial charge on any atom is -0.494 e. The molecule has 1 heterocycles. The number of halogens is 1. The van der Waals surface area contributed by atoms with E-state index in [-0.39, 0.29) is 30.2 Å². The summed E-state index contributed by atoms with van der Waals surface area (Å²) < 4.78 is 24.4. The number of ether oxygens (including phenoxy) is 2. The van der Waals surface area contributed by atoms with Crippen molar-refractivity contribution in [2.45, 2.75) is 25.8 Å². The lowest BCUT2D eigenvalue weighted by atomic mass is 10.0. The molecular formula is C25H32FN3O4. The number of unbranched alkanes of at least 4 members (excludes halogenated alkanes) is 1. The molecule has 1 aliphatic rings. The van der Waals surface area contributed by atoms with Gasteiger partial charge in [0.15, 0.2) is 0 Å². The Morgan fingerprint density at radius 3 is 2.42 bits per heavy atom. The van der Waals surface area contributed by atoms with E-state index in [4.69, 9.17) is 9.47 Å². The van der Waals surface area contributed by atoms with Crippen molar-refractivity contribution < 1.29 is 23.5 Å². The molecule has 0 spiro atoms. The van der Waals surface area contributed by atoms with E-state index >= 15 is 0 Å². The maximum Gasteiger partial charge on any atom is 0.251 e. The fraction of sp³-hybridized carbons (Fsp3) is 0.440. The van der Waals surface area contributed by atoms with Crippen molar-refractivity contribution in [1.82, 2.24) is 15.5 Å². The molecule has 178 valence electrons. The first-order valence-corrected chi connectivity index (χ1v) is 11.4. The number of carbonyl (C=O) groups is 2. The number of hydrogen-bond donors (Lipinski definition) is 2. The fourth-order valence-electron chi connectivity index (χ4n) is 3.60. The second kappa shape index (κ2) is 12.9. The van der Waals surface area contributed by atoms with Gasteiger partial charge in [0.1, 0.15) is 11.6 Å². The molecule has 0 saturated carbocycles. The van der Waals surface area contributed by atoms with E-state index in [0.29, 0.717) is 37.7 Å². The maximum atomic E-state index is 13.4. The zero-order valence-electron chi connectivity index (χ0n) is 19.0. The molecule has 0 radical (unpaired) electrons. The quantitative estimate of drug-likeness (QED) is 0.507. The number of rotatable bonds is 11. The summed E-state index contributed by atoms with van der Waals surface area (Å²) in [6.07, 6.45) is 2.03. The summed E-state index contributed by atoms with van der Waals surface area (Å²) in [7, 11) is 0. The lowest BCUT2D eigenvalue weighted by molar-refractivity contribution is -0.120. The second-order valence-electron chi connectivity index (χ2n) is 7.93. The first-order valence-electron chi connectivity index (χ1n) is 11.4. The van der Waals surface area contributed by atoms with Gasteiger partial charge in [0.2, 0.25) is 5.91 Å². The SMILES string of the molecule is CCCCOc1ccc(C(=O)NCC(=O)NC[C@H](c2ccc(F)cc2)N2CCOCC2)cc1. The van der Waals surface area contributed by atoms with Crippen molar-refractivity contribution in [3.05, 3.63) is 65.5 Å². The number of morpholine rings is 1. The third kappa shape index (κ3) is 7.83. The molecule has 0 bridgehead atoms. The Hall–Kier alpha value is -2.97. The maximum absolute atomic E-state index is 13.4. The van der Waals surface area contributed by atoms with Gasteiger partial charge < -0.3 is 20.1 Å². The van der Waals surface area contributed by atoms with Gasteiger partial charge in [0.05, 0.1) is 32.4 Å². The standard InChI is InChI=1S/C25H32FN3O4/c1-2-3-14-33-22-10-6-20(7-11-22)25(31)28-18-24(30)27-17-23(29-12-15-32-16-13-29)19-4-8-21(26)9-5-19/h4-11,23H,2-3,12-18H2,1H3,(H,27,30)(H,28,31)/t23-/m1/s1. The van der Waals surface area contributed by atoms with Crippen LogP contribution in [0.4, 0.5) is 4.39 Å². The minimum atomic E-state index is -0.325. The Balaban J connectivity index is 1.49. The van der Waals surface area contributed by atoms with E-state index < -0.39 is 0 Å². The largest absolute Gasteiger partial charge is 0.494 e. The molecule has 2 amide bonds. The molecule has 2 aromatic rings. The van der Waals surface area contributed by atoms with Gasteiger partial charge >= 0.3 is 0 Å². The second-order valence-corrected chi connectivity index (χ2v) is 7.93. The van der Waals surface area contributed by atoms with E-state index in [1.807, 2.05) is 0 Å². The number of nitrogens with zero attached hydrogens (tertiary/aromatic N) is 1. The molecular weight excluding hydrogens is 425 g/mol. The molecule has 1 saturated heterocycles. The van der Waals surface area contributed by atoms with Crippen LogP contribution in [0.3, 0.4) is 0 Å². The summed E-state index contributed by atoms with van der Waals surface area (Å²) in [5.41, 5.74) is 1.38. The average molecular weight is 458 g/mol. The van der Waals surface area contributed by atoms with Crippen molar-refractivity contribution in [1.29, 1.82) is 0 Å². The zero-order valence-corrected chi connectivity index (χ0v) is 19.0. The summed E-state index contributed by atoms with van der Waals surface area (Å²) >= 11 is 0. The van der Waals surface area contributed by atoms with Gasteiger partial charge in [-0.1, -0.05) is 25.5 Å². The van der Waals surface area contributed by atoms with Crippen LogP contribution in [0.2, 0.25) is 0 Å². The fourth-order valence-corrected chi connectivity index (χ4v) is 3.60. The zero-order chi connectivity index (χ0) is 23.5. The lowest BCUT2D eigenvalue weighted by Gasteiger charge is -2.35. The van der Waals surface area contributed by atoms with E-state index in [1.165, 1.54) is 12.1 Å². The van der Waals surface area contributed by atoms with Gasteiger partial charge in [0.25, 0.3) is 5.91 Å². The number of benzene rings is 2. The van der Waals surface area contributed by atoms with Crippen LogP contribution < -0.4 is 15.4 Å². The number of carbonyl (C=O) groups excluding carboxylic acids is 2. The van der Waals surface area contributed by atoms with Gasteiger partial charge in [-0.25, -0.2) is 4.39 Å². The Morgan fingerprint density at radius 1 is 1.06 bits per heavy atom. The van der Waals surface area contributed by atoms with Crippen molar-refractivity contribution >= 4 is 11.8 Å². The van der Waals surface area contributed by atoms with E-state index in [2.05, 4.69) is 22.5 Å². The molecule has 7 nitrogen and oxygen atoms in total. The van der Waals surface area contributed by atoms with Crippen molar-refractivity contribution in [3.63, 3.8) is 0 Å². The molecule has 1 fully saturated rings. The Labute approximate surface area is 194 Å². The van der Waals surface area contributed by atoms with Crippen molar-refractivity contribution in [2.24, 2.45) is 0 Å². The van der Waals surface area contributed by atoms with Crippen LogP contribution in [0, 0.1) is 5.82 Å². The highest BCUT2D eigenvalue weighted by Crippen LogP contribution is 2.21. The first kappa shape index (κ1) is 24.7. The highest BCUT2D eigenvalue weighted by atomic mass is 19.1. The average Bonchev–Trinajstić information content (AvgIpc) is 2.85. The molecule has 8 heteroatoms. The summed E-state index contributed by atoms with van der Waals surface area (Å²) in [4.78, 5) is 27.0. The highest BCUT2D eigenvalue weighted by Gasteiger charge is 2.23. The number of hydrogen-bond acceptors (Lipinski definition) is 5. The summed E-state index contributed by atoms with van der Waals surface area (Å²) in [5.74, 6) is -0.198. The summed E-state index contributed by atoms with van der Waals surface area (Å²) in [6.45, 7) is 5.65. The van der Waals surface area contributed by atoms with E-state index in [1.54, 1.807) is 36.4 Å². The van der Waals surface area contributed by atoms with Crippen LogP contribution in [0.25, 0.3) is 0 Å². The third-order valence-corrected chi connectivity index (χ3v) is 5.53. The van der Waals surface area contributed by atoms with Crippen LogP contribution in [0.5, 0.6) is 5.75 Å². The van der Waals surface area contributed by atoms with Crippen LogP contribution in [-0.2, 0) is 9.53 Å². The molecule has 33 heavy (non-hydrogen) atoms. The molecule has 3 rings (SSSR count). The van der Waals surface area contributed by atoms with Gasteiger partial charge in [-0.15, -0.1) is 0 Å². The smallest absolute Gasteiger partial charge is 0.251 e. The topological polar surface area (TPSA) is 79.9 Å². The first-order chi connectivity index (χ1) is 16.1. The molecule has 1 aliphatic heterocycles. The van der Waals surface area contributed by atoms with E-state index in [9.17, 15) is 14.0 Å². The molecule has 1 atom stereocenters. The molecule has 0 aliphatic carbocycles. The number of nitrogens with one attached hydrogen (secondary N) is 2. The molecule has 2 N–H and O–H groups in total. The molecule has 2 aromatic carbocycles. The lowest BCUT2D eigenvalue weighted by Crippen LogP contribution is -2.45. The summed E-state index contributed by atoms with van der Waals surface area (Å²) in [6, 6.07) is 13.1. The van der Waals surface area contributed by atoms with Crippen LogP contribution >= 0.6 is 0 Å². The van der Waals surface area contributed by atoms with Crippen LogP contribution in [0.1, 0.15) is 41.7 Å². The van der Waals surface area contributed by atoms with Crippen LogP contribution in [0.15, 0.2) is 48.5 Å². The Bertz CT molecular complexity index is 884. The van der Waals surface area contributed by atoms with Crippen molar-refractivity contribution in [2.75, 3.05) is 46.0 Å². The predicted octanol–water partition coefficient (Wildman–Crippen LogP) is 2.92. The van der Waals surface area contributed by atoms with E-state index in [0.717, 1.165) is 31.5 Å². The molecule has 0 unspecified atom stereocenters. The van der Waals surface area contributed by atoms with Gasteiger partial charge in [-0.3, -0.25) is 14.5 Å². The Morgan fingerprint density at radius 2 is 1.76 bits per heavy atom. The van der Waals surface area contributed by atoms with Crippen LogP contribution in [-0.4, -0.2) is 62.7 Å². The highest BCUT2D eigenvalue weighted by molar-refractivity contribution is 5.96. The normalized spacial score (nSPS) is 15.0. The molecule has 0 aromatic heterocycles. The Kier molecular flexibility index (Phi) is 9.65. The van der Waals surface area contributed by atoms with Crippen molar-refractivity contribution in [3.8, 4) is 5.75 Å². The minimum absolute atomic E-state index is 0.102. The third-order valence-electron chi connectivity index (χ3n) is 5.53.